The molecule has 0 heterocycles. The van der Waals surface area contributed by atoms with E-state index in [-0.39, 0.29) is 29.2 Å². The van der Waals surface area contributed by atoms with Gasteiger partial charge in [-0.3, -0.25) is 13.9 Å². The molecule has 2 amide bonds. The lowest BCUT2D eigenvalue weighted by Gasteiger charge is -2.34. The molecule has 0 radical (unpaired) electrons. The van der Waals surface area contributed by atoms with Crippen LogP contribution in [0.15, 0.2) is 42.5 Å². The minimum atomic E-state index is -3.88. The molecule has 1 atom stereocenters. The van der Waals surface area contributed by atoms with Crippen LogP contribution >= 0.6 is 23.2 Å². The first-order chi connectivity index (χ1) is 17.5. The Labute approximate surface area is 230 Å². The maximum Gasteiger partial charge on any atom is 0.244 e. The zero-order valence-corrected chi connectivity index (χ0v) is 23.9. The molecule has 202 valence electrons. The molecule has 0 aliphatic heterocycles. The van der Waals surface area contributed by atoms with Crippen LogP contribution < -0.4 is 9.62 Å². The Hall–Kier alpha value is -2.29. The van der Waals surface area contributed by atoms with Crippen LogP contribution in [0.25, 0.3) is 0 Å². The van der Waals surface area contributed by atoms with Gasteiger partial charge in [-0.2, -0.15) is 0 Å². The van der Waals surface area contributed by atoms with Gasteiger partial charge in [-0.05, 0) is 49.9 Å². The zero-order chi connectivity index (χ0) is 27.2. The molecule has 1 saturated carbocycles. The number of halogens is 2. The normalized spacial score (nSPS) is 15.2. The number of carbonyl (C=O) groups is 2. The van der Waals surface area contributed by atoms with Crippen LogP contribution in [-0.4, -0.2) is 50.0 Å². The lowest BCUT2D eigenvalue weighted by molar-refractivity contribution is -0.140. The molecule has 3 rings (SSSR count). The predicted molar refractivity (Wildman–Crippen MR) is 149 cm³/mol. The molecule has 0 unspecified atom stereocenters. The van der Waals surface area contributed by atoms with Crippen molar-refractivity contribution in [3.05, 3.63) is 63.6 Å². The van der Waals surface area contributed by atoms with Gasteiger partial charge in [0.25, 0.3) is 0 Å². The predicted octanol–water partition coefficient (Wildman–Crippen LogP) is 5.32. The van der Waals surface area contributed by atoms with Crippen LogP contribution in [0.1, 0.15) is 56.6 Å². The average molecular weight is 569 g/mol. The van der Waals surface area contributed by atoms with Gasteiger partial charge >= 0.3 is 0 Å². The zero-order valence-electron chi connectivity index (χ0n) is 21.5. The topological polar surface area (TPSA) is 86.8 Å². The van der Waals surface area contributed by atoms with Crippen molar-refractivity contribution in [2.45, 2.75) is 71.0 Å². The van der Waals surface area contributed by atoms with E-state index < -0.39 is 28.5 Å². The molecule has 0 bridgehead atoms. The summed E-state index contributed by atoms with van der Waals surface area (Å²) in [4.78, 5) is 28.7. The molecule has 0 aromatic heterocycles. The Morgan fingerprint density at radius 1 is 1.05 bits per heavy atom. The van der Waals surface area contributed by atoms with E-state index in [9.17, 15) is 18.0 Å². The van der Waals surface area contributed by atoms with Crippen molar-refractivity contribution < 1.29 is 18.0 Å². The highest BCUT2D eigenvalue weighted by Crippen LogP contribution is 2.30. The second kappa shape index (κ2) is 13.0. The number of rotatable bonds is 10. The summed E-state index contributed by atoms with van der Waals surface area (Å²) in [6, 6.07) is 11.5. The van der Waals surface area contributed by atoms with Gasteiger partial charge < -0.3 is 10.2 Å². The van der Waals surface area contributed by atoms with E-state index in [1.54, 1.807) is 0 Å². The van der Waals surface area contributed by atoms with E-state index in [0.29, 0.717) is 11.4 Å². The van der Waals surface area contributed by atoms with E-state index in [1.165, 1.54) is 23.1 Å². The van der Waals surface area contributed by atoms with E-state index in [1.807, 2.05) is 38.1 Å². The highest BCUT2D eigenvalue weighted by Gasteiger charge is 2.33. The van der Waals surface area contributed by atoms with Gasteiger partial charge in [-0.15, -0.1) is 0 Å². The molecular formula is C27H35Cl2N3O4S. The first-order valence-corrected chi connectivity index (χ1v) is 15.2. The summed E-state index contributed by atoms with van der Waals surface area (Å²) in [6.07, 6.45) is 6.55. The fourth-order valence-corrected chi connectivity index (χ4v) is 6.05. The van der Waals surface area contributed by atoms with Crippen LogP contribution in [0.2, 0.25) is 10.0 Å². The monoisotopic (exact) mass is 567 g/mol. The SMILES string of the molecule is CC[C@@H](C(=O)NC1CCCCC1)N(Cc1ccc(C)cc1)C(=O)CN(c1ccc(Cl)cc1Cl)S(C)(=O)=O. The maximum atomic E-state index is 13.8. The summed E-state index contributed by atoms with van der Waals surface area (Å²) in [7, 11) is -3.88. The number of nitrogens with one attached hydrogen (secondary N) is 1. The third-order valence-corrected chi connectivity index (χ3v) is 8.33. The summed E-state index contributed by atoms with van der Waals surface area (Å²) in [5, 5.41) is 3.59. The number of sulfonamides is 1. The van der Waals surface area contributed by atoms with Gasteiger partial charge in [0.1, 0.15) is 12.6 Å². The number of hydrogen-bond donors (Lipinski definition) is 1. The largest absolute Gasteiger partial charge is 0.352 e. The Kier molecular flexibility index (Phi) is 10.3. The quantitative estimate of drug-likeness (QED) is 0.420. The molecular weight excluding hydrogens is 533 g/mol. The molecule has 1 aliphatic carbocycles. The average Bonchev–Trinajstić information content (AvgIpc) is 2.84. The molecule has 2 aromatic carbocycles. The molecule has 10 heteroatoms. The first kappa shape index (κ1) is 29.3. The van der Waals surface area contributed by atoms with Crippen LogP contribution in [-0.2, 0) is 26.2 Å². The Morgan fingerprint density at radius 2 is 1.70 bits per heavy atom. The van der Waals surface area contributed by atoms with Gasteiger partial charge in [-0.25, -0.2) is 8.42 Å². The number of anilines is 1. The summed E-state index contributed by atoms with van der Waals surface area (Å²) >= 11 is 12.3. The van der Waals surface area contributed by atoms with E-state index in [2.05, 4.69) is 5.32 Å². The Bertz CT molecular complexity index is 1200. The number of hydrogen-bond acceptors (Lipinski definition) is 4. The van der Waals surface area contributed by atoms with Crippen LogP contribution in [0, 0.1) is 6.92 Å². The molecule has 7 nitrogen and oxygen atoms in total. The fraction of sp³-hybridized carbons (Fsp3) is 0.481. The number of amides is 2. The maximum absolute atomic E-state index is 13.8. The van der Waals surface area contributed by atoms with Gasteiger partial charge in [-0.1, -0.05) is 79.2 Å². The van der Waals surface area contributed by atoms with Gasteiger partial charge in [0.05, 0.1) is 17.0 Å². The third kappa shape index (κ3) is 8.09. The molecule has 2 aromatic rings. The molecule has 1 fully saturated rings. The molecule has 0 spiro atoms. The van der Waals surface area contributed by atoms with Crippen LogP contribution in [0.4, 0.5) is 5.69 Å². The van der Waals surface area contributed by atoms with Crippen molar-refractivity contribution in [2.24, 2.45) is 0 Å². The van der Waals surface area contributed by atoms with E-state index in [0.717, 1.165) is 53.8 Å². The Morgan fingerprint density at radius 3 is 2.27 bits per heavy atom. The van der Waals surface area contributed by atoms with Crippen molar-refractivity contribution in [3.63, 3.8) is 0 Å². The standard InChI is InChI=1S/C27H35Cl2N3O4S/c1-4-24(27(34)30-22-8-6-5-7-9-22)31(17-20-12-10-19(2)11-13-20)26(33)18-32(37(3,35)36)25-15-14-21(28)16-23(25)29/h10-16,22,24H,4-9,17-18H2,1-3H3,(H,30,34)/t24-/m0/s1. The van der Waals surface area contributed by atoms with Crippen molar-refractivity contribution in [1.82, 2.24) is 10.2 Å². The van der Waals surface area contributed by atoms with E-state index in [4.69, 9.17) is 23.2 Å². The highest BCUT2D eigenvalue weighted by atomic mass is 35.5. The molecule has 1 aliphatic rings. The summed E-state index contributed by atoms with van der Waals surface area (Å²) in [5.41, 5.74) is 2.07. The third-order valence-electron chi connectivity index (χ3n) is 6.67. The number of aryl methyl sites for hydroxylation is 1. The second-order valence-corrected chi connectivity index (χ2v) is 12.4. The van der Waals surface area contributed by atoms with Crippen LogP contribution in [0.5, 0.6) is 0 Å². The summed E-state index contributed by atoms with van der Waals surface area (Å²) in [6.45, 7) is 3.49. The lowest BCUT2D eigenvalue weighted by atomic mass is 9.95. The van der Waals surface area contributed by atoms with Gasteiger partial charge in [0, 0.05) is 17.6 Å². The molecule has 0 saturated heterocycles. The number of benzene rings is 2. The molecule has 37 heavy (non-hydrogen) atoms. The second-order valence-electron chi connectivity index (χ2n) is 9.64. The van der Waals surface area contributed by atoms with Gasteiger partial charge in [0.15, 0.2) is 0 Å². The minimum Gasteiger partial charge on any atom is -0.352 e. The van der Waals surface area contributed by atoms with Crippen molar-refractivity contribution in [2.75, 3.05) is 17.1 Å². The highest BCUT2D eigenvalue weighted by molar-refractivity contribution is 7.92. The molecule has 1 N–H and O–H groups in total. The van der Waals surface area contributed by atoms with Crippen molar-refractivity contribution in [3.8, 4) is 0 Å². The number of nitrogens with zero attached hydrogens (tertiary/aromatic N) is 2. The summed E-state index contributed by atoms with van der Waals surface area (Å²) < 4.78 is 26.4. The minimum absolute atomic E-state index is 0.0898. The van der Waals surface area contributed by atoms with Crippen LogP contribution in [0.3, 0.4) is 0 Å². The van der Waals surface area contributed by atoms with E-state index >= 15 is 0 Å². The summed E-state index contributed by atoms with van der Waals surface area (Å²) in [5.74, 6) is -0.715. The Balaban J connectivity index is 1.93. The first-order valence-electron chi connectivity index (χ1n) is 12.6. The van der Waals surface area contributed by atoms with Crippen molar-refractivity contribution >= 4 is 50.7 Å². The number of carbonyl (C=O) groups excluding carboxylic acids is 2. The van der Waals surface area contributed by atoms with Gasteiger partial charge in [0.2, 0.25) is 21.8 Å². The van der Waals surface area contributed by atoms with Crippen molar-refractivity contribution in [1.29, 1.82) is 0 Å². The smallest absolute Gasteiger partial charge is 0.244 e. The fourth-order valence-electron chi connectivity index (χ4n) is 4.63. The lowest BCUT2D eigenvalue weighted by Crippen LogP contribution is -2.54.